The first-order valence-electron chi connectivity index (χ1n) is 9.87. The molecule has 0 aliphatic carbocycles. The molecule has 1 heterocycles. The largest absolute Gasteiger partial charge is 0.495 e. The molecule has 4 rings (SSSR count). The molecule has 3 aromatic rings. The quantitative estimate of drug-likeness (QED) is 0.575. The van der Waals surface area contributed by atoms with Gasteiger partial charge in [0.25, 0.3) is 11.8 Å². The Labute approximate surface area is 183 Å². The molecule has 2 amide bonds. The molecule has 1 N–H and O–H groups in total. The van der Waals surface area contributed by atoms with Crippen molar-refractivity contribution in [2.24, 2.45) is 0 Å². The first-order valence-corrected chi connectivity index (χ1v) is 9.87. The Morgan fingerprint density at radius 1 is 0.875 bits per heavy atom. The lowest BCUT2D eigenvalue weighted by Crippen LogP contribution is -2.33. The zero-order valence-electron chi connectivity index (χ0n) is 17.7. The third-order valence-corrected chi connectivity index (χ3v) is 5.40. The van der Waals surface area contributed by atoms with Crippen LogP contribution in [0.2, 0.25) is 0 Å². The van der Waals surface area contributed by atoms with Crippen molar-refractivity contribution in [3.8, 4) is 5.75 Å². The van der Waals surface area contributed by atoms with E-state index < -0.39 is 29.1 Å². The summed E-state index contributed by atoms with van der Waals surface area (Å²) < 4.78 is 33.7. The fraction of sp³-hybridized carbons (Fsp3) is 0.120. The Balaban J connectivity index is 1.89. The van der Waals surface area contributed by atoms with Crippen LogP contribution < -0.4 is 15.0 Å². The number of imide groups is 1. The average molecular weight is 434 g/mol. The first-order chi connectivity index (χ1) is 15.3. The van der Waals surface area contributed by atoms with E-state index in [1.54, 1.807) is 36.4 Å². The first kappa shape index (κ1) is 21.2. The third-order valence-electron chi connectivity index (χ3n) is 5.40. The standard InChI is InChI=1S/C25H20F2N2O3/c1-14-8-9-16(12-15(14)2)22-23(28-19-6-4-5-7-21(19)32-3)25(31)29(24(22)30)20-13-17(26)10-11-18(20)27/h4-13,28H,1-3H3. The van der Waals surface area contributed by atoms with Gasteiger partial charge in [0.15, 0.2) is 0 Å². The van der Waals surface area contributed by atoms with Crippen molar-refractivity contribution in [2.75, 3.05) is 17.3 Å². The van der Waals surface area contributed by atoms with Gasteiger partial charge in [0, 0.05) is 6.07 Å². The molecule has 1 aliphatic heterocycles. The van der Waals surface area contributed by atoms with Gasteiger partial charge in [-0.15, -0.1) is 0 Å². The number of benzene rings is 3. The molecule has 1 aliphatic rings. The molecule has 32 heavy (non-hydrogen) atoms. The highest BCUT2D eigenvalue weighted by Crippen LogP contribution is 2.37. The molecule has 0 spiro atoms. The second-order valence-electron chi connectivity index (χ2n) is 7.42. The molecule has 0 bridgehead atoms. The van der Waals surface area contributed by atoms with Gasteiger partial charge >= 0.3 is 0 Å². The Morgan fingerprint density at radius 3 is 2.34 bits per heavy atom. The Kier molecular flexibility index (Phi) is 5.48. The van der Waals surface area contributed by atoms with Gasteiger partial charge in [-0.1, -0.05) is 30.3 Å². The van der Waals surface area contributed by atoms with Crippen LogP contribution in [0.1, 0.15) is 16.7 Å². The molecule has 0 radical (unpaired) electrons. The highest BCUT2D eigenvalue weighted by atomic mass is 19.1. The second-order valence-corrected chi connectivity index (χ2v) is 7.42. The van der Waals surface area contributed by atoms with E-state index in [0.29, 0.717) is 21.9 Å². The van der Waals surface area contributed by atoms with Gasteiger partial charge in [-0.2, -0.15) is 0 Å². The molecule has 0 saturated carbocycles. The summed E-state index contributed by atoms with van der Waals surface area (Å²) in [6.45, 7) is 3.81. The number of halogens is 2. The smallest absolute Gasteiger partial charge is 0.282 e. The van der Waals surface area contributed by atoms with Gasteiger partial charge in [0.05, 0.1) is 24.1 Å². The normalized spacial score (nSPS) is 13.7. The summed E-state index contributed by atoms with van der Waals surface area (Å²) in [6, 6.07) is 14.9. The lowest BCUT2D eigenvalue weighted by molar-refractivity contribution is -0.120. The number of amides is 2. The van der Waals surface area contributed by atoms with E-state index in [1.165, 1.54) is 7.11 Å². The number of rotatable bonds is 5. The number of ether oxygens (including phenoxy) is 1. The minimum absolute atomic E-state index is 0.0496. The van der Waals surface area contributed by atoms with Crippen molar-refractivity contribution in [2.45, 2.75) is 13.8 Å². The number of hydrogen-bond acceptors (Lipinski definition) is 4. The molecule has 5 nitrogen and oxygen atoms in total. The molecular weight excluding hydrogens is 414 g/mol. The summed E-state index contributed by atoms with van der Waals surface area (Å²) in [4.78, 5) is 27.4. The maximum atomic E-state index is 14.5. The van der Waals surface area contributed by atoms with Gasteiger partial charge in [-0.3, -0.25) is 9.59 Å². The molecule has 0 saturated heterocycles. The van der Waals surface area contributed by atoms with Gasteiger partial charge in [-0.25, -0.2) is 13.7 Å². The summed E-state index contributed by atoms with van der Waals surface area (Å²) in [7, 11) is 1.48. The molecule has 3 aromatic carbocycles. The minimum atomic E-state index is -0.883. The molecular formula is C25H20F2N2O3. The topological polar surface area (TPSA) is 58.6 Å². The van der Waals surface area contributed by atoms with Crippen molar-refractivity contribution in [1.82, 2.24) is 0 Å². The van der Waals surface area contributed by atoms with Crippen LogP contribution in [0.15, 0.2) is 66.4 Å². The third kappa shape index (κ3) is 3.62. The monoisotopic (exact) mass is 434 g/mol. The summed E-state index contributed by atoms with van der Waals surface area (Å²) in [5.74, 6) is -2.74. The molecule has 162 valence electrons. The van der Waals surface area contributed by atoms with Gasteiger partial charge in [0.2, 0.25) is 0 Å². The van der Waals surface area contributed by atoms with Gasteiger partial charge in [-0.05, 0) is 54.8 Å². The van der Waals surface area contributed by atoms with Crippen molar-refractivity contribution in [3.63, 3.8) is 0 Å². The van der Waals surface area contributed by atoms with Crippen molar-refractivity contribution < 1.29 is 23.1 Å². The number of aryl methyl sites for hydroxylation is 2. The predicted molar refractivity (Wildman–Crippen MR) is 118 cm³/mol. The fourth-order valence-corrected chi connectivity index (χ4v) is 3.57. The number of para-hydroxylation sites is 2. The van der Waals surface area contributed by atoms with E-state index in [4.69, 9.17) is 4.74 Å². The average Bonchev–Trinajstić information content (AvgIpc) is 3.01. The van der Waals surface area contributed by atoms with Crippen molar-refractivity contribution in [1.29, 1.82) is 0 Å². The maximum absolute atomic E-state index is 14.5. The summed E-state index contributed by atoms with van der Waals surface area (Å²) in [6.07, 6.45) is 0. The molecule has 0 unspecified atom stereocenters. The number of anilines is 2. The van der Waals surface area contributed by atoms with E-state index in [9.17, 15) is 18.4 Å². The number of methoxy groups -OCH3 is 1. The van der Waals surface area contributed by atoms with Crippen LogP contribution in [0, 0.1) is 25.5 Å². The zero-order valence-corrected chi connectivity index (χ0v) is 17.7. The fourth-order valence-electron chi connectivity index (χ4n) is 3.57. The van der Waals surface area contributed by atoms with E-state index in [1.807, 2.05) is 19.9 Å². The van der Waals surface area contributed by atoms with Crippen LogP contribution in [0.25, 0.3) is 5.57 Å². The van der Waals surface area contributed by atoms with Crippen LogP contribution in [0.4, 0.5) is 20.2 Å². The van der Waals surface area contributed by atoms with E-state index in [0.717, 1.165) is 29.3 Å². The lowest BCUT2D eigenvalue weighted by Gasteiger charge is -2.16. The lowest BCUT2D eigenvalue weighted by atomic mass is 9.99. The highest BCUT2D eigenvalue weighted by molar-refractivity contribution is 6.46. The second kappa shape index (κ2) is 8.26. The van der Waals surface area contributed by atoms with Crippen LogP contribution in [0.5, 0.6) is 5.75 Å². The van der Waals surface area contributed by atoms with Crippen molar-refractivity contribution >= 4 is 28.8 Å². The molecule has 0 atom stereocenters. The summed E-state index contributed by atoms with van der Waals surface area (Å²) >= 11 is 0. The Hall–Kier alpha value is -4.00. The van der Waals surface area contributed by atoms with Crippen LogP contribution >= 0.6 is 0 Å². The number of hydrogen-bond donors (Lipinski definition) is 1. The Morgan fingerprint density at radius 2 is 1.62 bits per heavy atom. The maximum Gasteiger partial charge on any atom is 0.282 e. The van der Waals surface area contributed by atoms with Crippen molar-refractivity contribution in [3.05, 3.63) is 94.7 Å². The van der Waals surface area contributed by atoms with Crippen LogP contribution in [-0.2, 0) is 9.59 Å². The summed E-state index contributed by atoms with van der Waals surface area (Å²) in [5, 5.41) is 2.98. The van der Waals surface area contributed by atoms with Gasteiger partial charge < -0.3 is 10.1 Å². The zero-order chi connectivity index (χ0) is 23.0. The highest BCUT2D eigenvalue weighted by Gasteiger charge is 2.41. The summed E-state index contributed by atoms with van der Waals surface area (Å²) in [5.41, 5.74) is 2.44. The van der Waals surface area contributed by atoms with E-state index in [-0.39, 0.29) is 11.3 Å². The molecule has 0 aromatic heterocycles. The van der Waals surface area contributed by atoms with Crippen LogP contribution in [0.3, 0.4) is 0 Å². The molecule has 7 heteroatoms. The van der Waals surface area contributed by atoms with E-state index >= 15 is 0 Å². The molecule has 0 fully saturated rings. The van der Waals surface area contributed by atoms with E-state index in [2.05, 4.69) is 5.32 Å². The number of nitrogens with one attached hydrogen (secondary N) is 1. The van der Waals surface area contributed by atoms with Crippen LogP contribution in [-0.4, -0.2) is 18.9 Å². The number of nitrogens with zero attached hydrogens (tertiary/aromatic N) is 1. The number of carbonyl (C=O) groups is 2. The predicted octanol–water partition coefficient (Wildman–Crippen LogP) is 4.99. The number of carbonyl (C=O) groups excluding carboxylic acids is 2. The van der Waals surface area contributed by atoms with Gasteiger partial charge in [0.1, 0.15) is 23.1 Å². The minimum Gasteiger partial charge on any atom is -0.495 e. The Bertz CT molecular complexity index is 1280. The SMILES string of the molecule is COc1ccccc1NC1=C(c2ccc(C)c(C)c2)C(=O)N(c2cc(F)ccc2F)C1=O.